The van der Waals surface area contributed by atoms with Gasteiger partial charge < -0.3 is 0 Å². The van der Waals surface area contributed by atoms with E-state index < -0.39 is 0 Å². The van der Waals surface area contributed by atoms with Crippen molar-refractivity contribution in [3.05, 3.63) is 460 Å². The van der Waals surface area contributed by atoms with Crippen LogP contribution >= 0.6 is 45.3 Å². The lowest BCUT2D eigenvalue weighted by atomic mass is 9.95. The van der Waals surface area contributed by atoms with Gasteiger partial charge >= 0.3 is 0 Å². The standard InChI is InChI=1S/C35H24N2S.3C29H20N2S/c1-23-19-32(31-17-10-16-30-29-15-8-9-18-33(29)38-34(30)31)37-35(36-23)28-21-26(24-11-4-2-5-12-24)20-27(22-28)25-13-6-3-7-14-25;1-19-17-26(25-15-8-14-24-23-13-5-6-16-27(23)32-28(24)25)31-29(30-19)22-12-7-11-21(18-22)20-9-3-2-4-10-20;1-19-18-26(25-16-9-15-23-22-13-7-8-17-27(22)32-28(23)25)31-29(30-19)24-14-6-5-12-21(24)20-10-3-2-4-11-20;1-19-18-26(25-12-7-11-24-23-10-5-6-13-27(23)32-28(24)25)31-29(30-19)22-16-14-21(15-17-22)20-8-3-2-4-9-20/h2-22H,1H3;3*2-18H,1H3. The molecule has 0 N–H and O–H groups in total. The van der Waals surface area contributed by atoms with Gasteiger partial charge in [-0.3, -0.25) is 0 Å². The maximum Gasteiger partial charge on any atom is 0.160 e. The van der Waals surface area contributed by atoms with Gasteiger partial charge in [-0.1, -0.05) is 364 Å². The summed E-state index contributed by atoms with van der Waals surface area (Å²) < 4.78 is 10.3. The van der Waals surface area contributed by atoms with Crippen molar-refractivity contribution in [3.63, 3.8) is 0 Å². The highest BCUT2D eigenvalue weighted by atomic mass is 32.1. The van der Waals surface area contributed by atoms with Gasteiger partial charge in [0.25, 0.3) is 0 Å². The number of aryl methyl sites for hydroxylation is 4. The molecule has 0 saturated heterocycles. The Morgan fingerprint density at radius 1 is 0.142 bits per heavy atom. The molecule has 8 aromatic heterocycles. The van der Waals surface area contributed by atoms with Crippen molar-refractivity contribution in [2.45, 2.75) is 27.7 Å². The topological polar surface area (TPSA) is 103 Å². The number of nitrogens with zero attached hydrogens (tertiary/aromatic N) is 8. The Balaban J connectivity index is 0.000000104. The number of hydrogen-bond donors (Lipinski definition) is 0. The molecule has 0 aliphatic heterocycles. The number of aromatic nitrogens is 8. The summed E-state index contributed by atoms with van der Waals surface area (Å²) in [4.78, 5) is 39.5. The van der Waals surface area contributed by atoms with Gasteiger partial charge in [-0.25, -0.2) is 39.9 Å². The van der Waals surface area contributed by atoms with Gasteiger partial charge in [0.05, 0.1) is 22.8 Å². The van der Waals surface area contributed by atoms with E-state index in [-0.39, 0.29) is 0 Å². The zero-order valence-corrected chi connectivity index (χ0v) is 77.0. The average Bonchev–Trinajstić information content (AvgIpc) is 1.26. The summed E-state index contributed by atoms with van der Waals surface area (Å²) in [7, 11) is 0. The molecule has 0 aliphatic rings. The maximum atomic E-state index is 5.16. The Morgan fingerprint density at radius 3 is 0.754 bits per heavy atom. The predicted molar refractivity (Wildman–Crippen MR) is 569 cm³/mol. The molecular weight excluding hydrogens is 1710 g/mol. The molecule has 25 aromatic rings. The predicted octanol–water partition coefficient (Wildman–Crippen LogP) is 34.3. The molecule has 0 amide bonds. The molecule has 636 valence electrons. The van der Waals surface area contributed by atoms with E-state index in [1.165, 1.54) is 120 Å². The summed E-state index contributed by atoms with van der Waals surface area (Å²) in [5, 5.41) is 10.3. The van der Waals surface area contributed by atoms with Crippen molar-refractivity contribution >= 4 is 126 Å². The lowest BCUT2D eigenvalue weighted by Gasteiger charge is -2.12. The first-order chi connectivity index (χ1) is 66.0. The quantitative estimate of drug-likeness (QED) is 0.112. The van der Waals surface area contributed by atoms with Crippen LogP contribution in [-0.2, 0) is 0 Å². The first-order valence-corrected chi connectivity index (χ1v) is 48.1. The highest BCUT2D eigenvalue weighted by Gasteiger charge is 2.22. The highest BCUT2D eigenvalue weighted by molar-refractivity contribution is 7.27. The van der Waals surface area contributed by atoms with E-state index in [1.807, 2.05) is 84.3 Å². The lowest BCUT2D eigenvalue weighted by Crippen LogP contribution is -1.97. The highest BCUT2D eigenvalue weighted by Crippen LogP contribution is 2.46. The average molecular weight is 1790 g/mol. The van der Waals surface area contributed by atoms with E-state index in [1.54, 1.807) is 0 Å². The van der Waals surface area contributed by atoms with Crippen molar-refractivity contribution < 1.29 is 0 Å². The number of benzene rings is 17. The Bertz CT molecular complexity index is 8610. The monoisotopic (exact) mass is 1790 g/mol. The lowest BCUT2D eigenvalue weighted by molar-refractivity contribution is 1.12. The molecule has 0 unspecified atom stereocenters. The molecule has 25 rings (SSSR count). The summed E-state index contributed by atoms with van der Waals surface area (Å²) in [6.45, 7) is 8.18. The fourth-order valence-electron chi connectivity index (χ4n) is 17.9. The molecule has 17 aromatic carbocycles. The largest absolute Gasteiger partial charge is 0.233 e. The second kappa shape index (κ2) is 37.1. The van der Waals surface area contributed by atoms with Crippen molar-refractivity contribution in [1.29, 1.82) is 0 Å². The number of fused-ring (bicyclic) bond motifs is 12. The van der Waals surface area contributed by atoms with Crippen LogP contribution in [0.1, 0.15) is 22.8 Å². The van der Waals surface area contributed by atoms with Gasteiger partial charge in [-0.2, -0.15) is 0 Å². The van der Waals surface area contributed by atoms with Crippen LogP contribution in [0.2, 0.25) is 0 Å². The van der Waals surface area contributed by atoms with Crippen molar-refractivity contribution in [2.24, 2.45) is 0 Å². The van der Waals surface area contributed by atoms with Crippen molar-refractivity contribution in [2.75, 3.05) is 0 Å². The Labute approximate surface area is 793 Å². The Hall–Kier alpha value is -16.1. The first-order valence-electron chi connectivity index (χ1n) is 44.8. The van der Waals surface area contributed by atoms with Gasteiger partial charge in [0, 0.05) is 148 Å². The van der Waals surface area contributed by atoms with Crippen molar-refractivity contribution in [3.8, 4) is 146 Å². The van der Waals surface area contributed by atoms with E-state index in [9.17, 15) is 0 Å². The summed E-state index contributed by atoms with van der Waals surface area (Å²) in [6.07, 6.45) is 0. The smallest absolute Gasteiger partial charge is 0.160 e. The van der Waals surface area contributed by atoms with Gasteiger partial charge in [-0.15, -0.1) is 45.3 Å². The van der Waals surface area contributed by atoms with Gasteiger partial charge in [-0.05, 0) is 156 Å². The van der Waals surface area contributed by atoms with Crippen LogP contribution in [0.3, 0.4) is 0 Å². The van der Waals surface area contributed by atoms with Crippen molar-refractivity contribution in [1.82, 2.24) is 39.9 Å². The van der Waals surface area contributed by atoms with Crippen LogP contribution in [0.4, 0.5) is 0 Å². The molecule has 8 nitrogen and oxygen atoms in total. The van der Waals surface area contributed by atoms with Crippen LogP contribution in [0, 0.1) is 27.7 Å². The maximum absolute atomic E-state index is 5.16. The molecule has 12 heteroatoms. The number of hydrogen-bond acceptors (Lipinski definition) is 12. The fourth-order valence-corrected chi connectivity index (χ4v) is 22.8. The molecule has 0 saturated carbocycles. The Morgan fingerprint density at radius 2 is 0.373 bits per heavy atom. The van der Waals surface area contributed by atoms with Crippen LogP contribution < -0.4 is 0 Å². The van der Waals surface area contributed by atoms with Gasteiger partial charge in [0.1, 0.15) is 0 Å². The first kappa shape index (κ1) is 83.5. The zero-order chi connectivity index (χ0) is 90.0. The molecule has 0 fully saturated rings. The fraction of sp³-hybridized carbons (Fsp3) is 0.0328. The normalized spacial score (nSPS) is 11.3. The van der Waals surface area contributed by atoms with Crippen LogP contribution in [-0.4, -0.2) is 39.9 Å². The molecular formula is C122H84N8S4. The number of thiophene rings is 4. The molecule has 134 heavy (non-hydrogen) atoms. The molecule has 0 spiro atoms. The van der Waals surface area contributed by atoms with E-state index in [0.717, 1.165) is 130 Å². The summed E-state index contributed by atoms with van der Waals surface area (Å²) >= 11 is 7.32. The second-order valence-corrected chi connectivity index (χ2v) is 37.5. The molecule has 0 aliphatic carbocycles. The summed E-state index contributed by atoms with van der Waals surface area (Å²) in [5.41, 5.74) is 28.2. The molecule has 0 radical (unpaired) electrons. The number of rotatable bonds is 13. The Kier molecular flexibility index (Phi) is 23.1. The summed E-state index contributed by atoms with van der Waals surface area (Å²) in [5.74, 6) is 3.03. The van der Waals surface area contributed by atoms with Crippen LogP contribution in [0.25, 0.3) is 227 Å². The minimum atomic E-state index is 0.744. The zero-order valence-electron chi connectivity index (χ0n) is 73.8. The van der Waals surface area contributed by atoms with E-state index in [4.69, 9.17) is 39.9 Å². The minimum Gasteiger partial charge on any atom is -0.233 e. The van der Waals surface area contributed by atoms with E-state index >= 15 is 0 Å². The third-order valence-electron chi connectivity index (χ3n) is 24.3. The van der Waals surface area contributed by atoms with Crippen LogP contribution in [0.5, 0.6) is 0 Å². The molecule has 0 atom stereocenters. The SMILES string of the molecule is Cc1cc(-c2cccc3c2sc2ccccc23)nc(-c2cc(-c3ccccc3)cc(-c3ccccc3)c2)n1.Cc1cc(-c2cccc3c2sc2ccccc23)nc(-c2ccc(-c3ccccc3)cc2)n1.Cc1cc(-c2cccc3c2sc2ccccc23)nc(-c2cccc(-c3ccccc3)c2)n1.Cc1cc(-c2cccc3c2sc2ccccc23)nc(-c2ccccc2-c2ccccc2)n1. The van der Waals surface area contributed by atoms with E-state index in [2.05, 4.69) is 426 Å². The van der Waals surface area contributed by atoms with Crippen LogP contribution in [0.15, 0.2) is 437 Å². The van der Waals surface area contributed by atoms with Gasteiger partial charge in [0.2, 0.25) is 0 Å². The summed E-state index contributed by atoms with van der Waals surface area (Å²) in [6, 6.07) is 153. The third kappa shape index (κ3) is 17.1. The van der Waals surface area contributed by atoms with E-state index in [0.29, 0.717) is 0 Å². The second-order valence-electron chi connectivity index (χ2n) is 33.3. The third-order valence-corrected chi connectivity index (χ3v) is 29.2. The molecule has 0 bridgehead atoms. The van der Waals surface area contributed by atoms with Gasteiger partial charge in [0.15, 0.2) is 23.3 Å². The molecule has 8 heterocycles. The minimum absolute atomic E-state index is 0.744.